The van der Waals surface area contributed by atoms with Crippen LogP contribution in [0.15, 0.2) is 11.0 Å². The van der Waals surface area contributed by atoms with Crippen molar-refractivity contribution in [3.63, 3.8) is 0 Å². The minimum absolute atomic E-state index is 0.0351. The van der Waals surface area contributed by atoms with Gasteiger partial charge < -0.3 is 18.3 Å². The third-order valence-electron chi connectivity index (χ3n) is 12.0. The van der Waals surface area contributed by atoms with Crippen LogP contribution in [0.25, 0.3) is 6.08 Å². The van der Waals surface area contributed by atoms with Gasteiger partial charge in [-0.2, -0.15) is 0 Å². The first-order valence-electron chi connectivity index (χ1n) is 19.0. The van der Waals surface area contributed by atoms with Crippen LogP contribution >= 0.6 is 11.3 Å². The van der Waals surface area contributed by atoms with Crippen molar-refractivity contribution in [1.82, 2.24) is 4.98 Å². The molecule has 0 radical (unpaired) electrons. The van der Waals surface area contributed by atoms with Gasteiger partial charge in [-0.15, -0.1) is 11.3 Å². The van der Waals surface area contributed by atoms with Gasteiger partial charge in [-0.25, -0.2) is 4.98 Å². The first kappa shape index (κ1) is 41.2. The minimum atomic E-state index is -2.20. The molecule has 1 aromatic rings. The molecule has 3 heterocycles. The SMILES string of the molecule is CC[Si](CC)(CC)O[C@H]1[C@@H](C)CCC[C@H]2OC2C[C@@H](C(C)=Cc2csc(C)n2)OC(=O)C[C@H](O[Si](CC)(CC)CC)C(C)(C)C(=O)[C@@H]1C. The molecule has 274 valence electrons. The Morgan fingerprint density at radius 1 is 0.958 bits per heavy atom. The Kier molecular flexibility index (Phi) is 15.3. The second kappa shape index (κ2) is 17.8. The number of carbonyl (C=O) groups is 2. The van der Waals surface area contributed by atoms with E-state index in [4.69, 9.17) is 18.3 Å². The molecule has 7 atom stereocenters. The highest BCUT2D eigenvalue weighted by atomic mass is 32.1. The van der Waals surface area contributed by atoms with E-state index in [1.165, 1.54) is 0 Å². The Labute approximate surface area is 298 Å². The summed E-state index contributed by atoms with van der Waals surface area (Å²) in [4.78, 5) is 33.5. The number of hydrogen-bond acceptors (Lipinski definition) is 8. The van der Waals surface area contributed by atoms with Gasteiger partial charge in [-0.1, -0.05) is 75.7 Å². The molecule has 0 saturated carbocycles. The fraction of sp³-hybridized carbons (Fsp3) is 0.816. The number of epoxide rings is 1. The molecule has 3 rings (SSSR count). The fourth-order valence-electron chi connectivity index (χ4n) is 7.75. The molecule has 2 saturated heterocycles. The molecule has 7 nitrogen and oxygen atoms in total. The van der Waals surface area contributed by atoms with Gasteiger partial charge in [0.25, 0.3) is 0 Å². The van der Waals surface area contributed by atoms with Crippen LogP contribution in [-0.2, 0) is 27.9 Å². The highest BCUT2D eigenvalue weighted by Gasteiger charge is 2.49. The van der Waals surface area contributed by atoms with Gasteiger partial charge in [0.05, 0.1) is 41.5 Å². The molecule has 2 aliphatic heterocycles. The van der Waals surface area contributed by atoms with Crippen molar-refractivity contribution in [2.24, 2.45) is 17.3 Å². The highest BCUT2D eigenvalue weighted by Crippen LogP contribution is 2.41. The predicted molar refractivity (Wildman–Crippen MR) is 203 cm³/mol. The number of ether oxygens (including phenoxy) is 2. The summed E-state index contributed by atoms with van der Waals surface area (Å²) in [5.74, 6) is -0.307. The molecule has 0 amide bonds. The number of esters is 1. The summed E-state index contributed by atoms with van der Waals surface area (Å²) in [6.45, 7) is 25.7. The lowest BCUT2D eigenvalue weighted by atomic mass is 9.73. The fourth-order valence-corrected chi connectivity index (χ4v) is 14.3. The van der Waals surface area contributed by atoms with Crippen molar-refractivity contribution in [3.8, 4) is 0 Å². The van der Waals surface area contributed by atoms with Gasteiger partial charge in [0, 0.05) is 23.1 Å². The summed E-state index contributed by atoms with van der Waals surface area (Å²) < 4.78 is 26.9. The van der Waals surface area contributed by atoms with E-state index in [2.05, 4.69) is 60.4 Å². The zero-order valence-corrected chi connectivity index (χ0v) is 35.1. The average Bonchev–Trinajstić information content (AvgIpc) is 3.68. The van der Waals surface area contributed by atoms with Gasteiger partial charge >= 0.3 is 5.97 Å². The van der Waals surface area contributed by atoms with Crippen molar-refractivity contribution >= 4 is 45.8 Å². The van der Waals surface area contributed by atoms with E-state index in [9.17, 15) is 9.59 Å². The first-order chi connectivity index (χ1) is 22.6. The van der Waals surface area contributed by atoms with E-state index < -0.39 is 34.3 Å². The molecular formula is C38H67NO6SSi2. The maximum Gasteiger partial charge on any atom is 0.309 e. The van der Waals surface area contributed by atoms with E-state index >= 15 is 0 Å². The zero-order valence-electron chi connectivity index (χ0n) is 32.3. The van der Waals surface area contributed by atoms with Gasteiger partial charge in [-0.05, 0) is 80.5 Å². The van der Waals surface area contributed by atoms with Crippen LogP contribution in [0.3, 0.4) is 0 Å². The third kappa shape index (κ3) is 10.2. The number of Topliss-reactive ketones (excluding diaryl/α,β-unsaturated/α-hetero) is 1. The number of thiazole rings is 1. The van der Waals surface area contributed by atoms with E-state index in [1.54, 1.807) is 11.3 Å². The van der Waals surface area contributed by atoms with Crippen LogP contribution in [0, 0.1) is 24.2 Å². The lowest BCUT2D eigenvalue weighted by Gasteiger charge is -2.44. The van der Waals surface area contributed by atoms with Crippen molar-refractivity contribution in [2.75, 3.05) is 0 Å². The predicted octanol–water partition coefficient (Wildman–Crippen LogP) is 10.1. The molecule has 48 heavy (non-hydrogen) atoms. The van der Waals surface area contributed by atoms with Crippen molar-refractivity contribution in [3.05, 3.63) is 21.7 Å². The average molecular weight is 722 g/mol. The minimum Gasteiger partial charge on any atom is -0.458 e. The Morgan fingerprint density at radius 3 is 2.08 bits per heavy atom. The van der Waals surface area contributed by atoms with Crippen LogP contribution in [0.2, 0.25) is 36.3 Å². The number of aryl methyl sites for hydroxylation is 1. The zero-order chi connectivity index (χ0) is 35.9. The van der Waals surface area contributed by atoms with Gasteiger partial charge in [-0.3, -0.25) is 9.59 Å². The molecule has 1 unspecified atom stereocenters. The molecular weight excluding hydrogens is 655 g/mol. The summed E-state index contributed by atoms with van der Waals surface area (Å²) in [6, 6.07) is 5.92. The standard InChI is InChI=1S/C38H67NO6SSi2/c1-13-47(14-2,15-3)44-34-24-35(40)43-32(27(8)22-30-25-46-29(10)39-30)23-33-31(42-33)21-19-20-26(7)36(28(9)37(41)38(34,11)12)45-48(16-4,17-5)18-6/h22,25-26,28,31-34,36H,13-21,23-24H2,1-12H3/t26-,28+,31+,32-,33?,34-,36-/m0/s1. The van der Waals surface area contributed by atoms with Crippen molar-refractivity contribution in [1.29, 1.82) is 0 Å². The molecule has 10 heteroatoms. The Balaban J connectivity index is 2.05. The topological polar surface area (TPSA) is 87.2 Å². The molecule has 1 aromatic heterocycles. The molecule has 2 fully saturated rings. The van der Waals surface area contributed by atoms with Gasteiger partial charge in [0.2, 0.25) is 0 Å². The van der Waals surface area contributed by atoms with Crippen molar-refractivity contribution in [2.45, 2.75) is 182 Å². The first-order valence-corrected chi connectivity index (χ1v) is 24.9. The number of cyclic esters (lactones) is 1. The number of ketones is 1. The normalized spacial score (nSPS) is 29.8. The lowest BCUT2D eigenvalue weighted by molar-refractivity contribution is -0.153. The Bertz CT molecular complexity index is 1210. The summed E-state index contributed by atoms with van der Waals surface area (Å²) in [6.07, 6.45) is 4.65. The molecule has 0 bridgehead atoms. The van der Waals surface area contributed by atoms with E-state index in [-0.39, 0.29) is 48.3 Å². The van der Waals surface area contributed by atoms with Crippen LogP contribution < -0.4 is 0 Å². The summed E-state index contributed by atoms with van der Waals surface area (Å²) >= 11 is 1.61. The molecule has 0 N–H and O–H groups in total. The lowest BCUT2D eigenvalue weighted by Crippen LogP contribution is -2.53. The quantitative estimate of drug-likeness (QED) is 0.121. The van der Waals surface area contributed by atoms with Crippen molar-refractivity contribution < 1.29 is 27.9 Å². The number of rotatable bonds is 12. The van der Waals surface area contributed by atoms with Gasteiger partial charge in [0.1, 0.15) is 11.9 Å². The number of carbonyl (C=O) groups excluding carboxylic acids is 2. The highest BCUT2D eigenvalue weighted by molar-refractivity contribution is 7.09. The van der Waals surface area contributed by atoms with E-state index in [1.807, 2.05) is 39.2 Å². The maximum absolute atomic E-state index is 14.9. The second-order valence-corrected chi connectivity index (χ2v) is 25.8. The number of hydrogen-bond donors (Lipinski definition) is 0. The largest absolute Gasteiger partial charge is 0.458 e. The van der Waals surface area contributed by atoms with E-state index in [0.29, 0.717) is 6.42 Å². The Hall–Kier alpha value is -1.18. The second-order valence-electron chi connectivity index (χ2n) is 15.3. The molecule has 0 aromatic carbocycles. The Morgan fingerprint density at radius 2 is 1.54 bits per heavy atom. The number of aromatic nitrogens is 1. The van der Waals surface area contributed by atoms with Crippen LogP contribution in [0.5, 0.6) is 0 Å². The monoisotopic (exact) mass is 721 g/mol. The summed E-state index contributed by atoms with van der Waals surface area (Å²) in [5, 5.41) is 3.03. The van der Waals surface area contributed by atoms with Crippen LogP contribution in [0.1, 0.15) is 119 Å². The van der Waals surface area contributed by atoms with E-state index in [0.717, 1.165) is 71.8 Å². The summed E-state index contributed by atoms with van der Waals surface area (Å²) in [7, 11) is -4.21. The smallest absolute Gasteiger partial charge is 0.309 e. The van der Waals surface area contributed by atoms with Crippen LogP contribution in [0.4, 0.5) is 0 Å². The number of nitrogens with zero attached hydrogens (tertiary/aromatic N) is 1. The molecule has 0 aliphatic carbocycles. The summed E-state index contributed by atoms with van der Waals surface area (Å²) in [5.41, 5.74) is 0.922. The number of fused-ring (bicyclic) bond motifs is 1. The molecule has 2 aliphatic rings. The van der Waals surface area contributed by atoms with Gasteiger partial charge in [0.15, 0.2) is 16.6 Å². The van der Waals surface area contributed by atoms with Crippen LogP contribution in [-0.4, -0.2) is 63.9 Å². The third-order valence-corrected chi connectivity index (χ3v) is 22.1. The molecule has 0 spiro atoms. The maximum atomic E-state index is 14.9.